The molecule has 0 heterocycles. The Bertz CT molecular complexity index is 585. The van der Waals surface area contributed by atoms with Crippen LogP contribution in [0.1, 0.15) is 24.5 Å². The maximum absolute atomic E-state index is 11.7. The van der Waals surface area contributed by atoms with Crippen LogP contribution in [0.3, 0.4) is 0 Å². The monoisotopic (exact) mass is 280 g/mol. The Morgan fingerprint density at radius 3 is 2.24 bits per heavy atom. The molecule has 0 saturated heterocycles. The van der Waals surface area contributed by atoms with E-state index in [4.69, 9.17) is 4.74 Å². The van der Waals surface area contributed by atoms with Crippen molar-refractivity contribution >= 4 is 11.5 Å². The van der Waals surface area contributed by atoms with Gasteiger partial charge in [0, 0.05) is 6.08 Å². The van der Waals surface area contributed by atoms with Crippen LogP contribution in [0.2, 0.25) is 0 Å². The number of hydrogen-bond donors (Lipinski definition) is 0. The van der Waals surface area contributed by atoms with Gasteiger partial charge in [-0.3, -0.25) is 0 Å². The summed E-state index contributed by atoms with van der Waals surface area (Å²) in [6.45, 7) is 2.22. The van der Waals surface area contributed by atoms with Crippen LogP contribution in [0.15, 0.2) is 66.7 Å². The van der Waals surface area contributed by atoms with Crippen molar-refractivity contribution in [3.05, 3.63) is 77.9 Å². The number of esters is 1. The molecular formula is C19H20O2. The second kappa shape index (κ2) is 8.05. The Labute approximate surface area is 126 Å². The van der Waals surface area contributed by atoms with E-state index in [1.54, 1.807) is 6.08 Å². The molecule has 2 heteroatoms. The van der Waals surface area contributed by atoms with E-state index in [1.165, 1.54) is 5.56 Å². The molecule has 2 aromatic rings. The normalized spacial score (nSPS) is 11.2. The zero-order chi connectivity index (χ0) is 14.9. The van der Waals surface area contributed by atoms with Crippen molar-refractivity contribution in [1.82, 2.24) is 0 Å². The molecule has 0 amide bonds. The minimum absolute atomic E-state index is 0.274. The number of carbonyl (C=O) groups excluding carboxylic acids is 1. The summed E-state index contributed by atoms with van der Waals surface area (Å²) in [5, 5.41) is 0. The SMILES string of the molecule is CCOC(=O)/C=C(/CCc1ccccc1)c1ccccc1. The zero-order valence-corrected chi connectivity index (χ0v) is 12.3. The van der Waals surface area contributed by atoms with Gasteiger partial charge in [-0.15, -0.1) is 0 Å². The fraction of sp³-hybridized carbons (Fsp3) is 0.211. The summed E-state index contributed by atoms with van der Waals surface area (Å²) in [5.74, 6) is -0.274. The van der Waals surface area contributed by atoms with Crippen molar-refractivity contribution in [2.75, 3.05) is 6.61 Å². The Hall–Kier alpha value is -2.35. The Balaban J connectivity index is 2.14. The lowest BCUT2D eigenvalue weighted by molar-refractivity contribution is -0.137. The number of rotatable bonds is 6. The fourth-order valence-corrected chi connectivity index (χ4v) is 2.20. The third kappa shape index (κ3) is 4.92. The van der Waals surface area contributed by atoms with Gasteiger partial charge in [0.05, 0.1) is 6.61 Å². The number of aryl methyl sites for hydroxylation is 1. The third-order valence-corrected chi connectivity index (χ3v) is 3.25. The average molecular weight is 280 g/mol. The van der Waals surface area contributed by atoms with Crippen LogP contribution in [0.5, 0.6) is 0 Å². The largest absolute Gasteiger partial charge is 0.463 e. The topological polar surface area (TPSA) is 26.3 Å². The van der Waals surface area contributed by atoms with Crippen molar-refractivity contribution in [2.24, 2.45) is 0 Å². The fourth-order valence-electron chi connectivity index (χ4n) is 2.20. The number of benzene rings is 2. The molecule has 0 aliphatic heterocycles. The number of allylic oxidation sites excluding steroid dienone is 1. The van der Waals surface area contributed by atoms with E-state index in [0.29, 0.717) is 6.61 Å². The van der Waals surface area contributed by atoms with Crippen LogP contribution in [0.25, 0.3) is 5.57 Å². The number of carbonyl (C=O) groups is 1. The lowest BCUT2D eigenvalue weighted by Gasteiger charge is -2.08. The third-order valence-electron chi connectivity index (χ3n) is 3.25. The van der Waals surface area contributed by atoms with E-state index in [1.807, 2.05) is 55.5 Å². The molecule has 2 rings (SSSR count). The summed E-state index contributed by atoms with van der Waals surface area (Å²) in [7, 11) is 0. The van der Waals surface area contributed by atoms with Crippen molar-refractivity contribution in [3.63, 3.8) is 0 Å². The summed E-state index contributed by atoms with van der Waals surface area (Å²) in [5.41, 5.74) is 3.35. The molecule has 21 heavy (non-hydrogen) atoms. The lowest BCUT2D eigenvalue weighted by Crippen LogP contribution is -2.01. The second-order valence-electron chi connectivity index (χ2n) is 4.77. The van der Waals surface area contributed by atoms with E-state index < -0.39 is 0 Å². The molecule has 108 valence electrons. The van der Waals surface area contributed by atoms with Crippen molar-refractivity contribution in [3.8, 4) is 0 Å². The van der Waals surface area contributed by atoms with Crippen molar-refractivity contribution in [2.45, 2.75) is 19.8 Å². The Morgan fingerprint density at radius 2 is 1.62 bits per heavy atom. The predicted octanol–water partition coefficient (Wildman–Crippen LogP) is 4.27. The quantitative estimate of drug-likeness (QED) is 0.583. The van der Waals surface area contributed by atoms with Gasteiger partial charge in [-0.25, -0.2) is 4.79 Å². The van der Waals surface area contributed by atoms with Gasteiger partial charge in [-0.2, -0.15) is 0 Å². The summed E-state index contributed by atoms with van der Waals surface area (Å²) >= 11 is 0. The van der Waals surface area contributed by atoms with E-state index in [9.17, 15) is 4.79 Å². The van der Waals surface area contributed by atoms with Crippen LogP contribution in [0.4, 0.5) is 0 Å². The van der Waals surface area contributed by atoms with Gasteiger partial charge in [-0.05, 0) is 36.5 Å². The summed E-state index contributed by atoms with van der Waals surface area (Å²) < 4.78 is 5.03. The van der Waals surface area contributed by atoms with Gasteiger partial charge < -0.3 is 4.74 Å². The molecule has 0 fully saturated rings. The van der Waals surface area contributed by atoms with Crippen molar-refractivity contribution in [1.29, 1.82) is 0 Å². The molecule has 0 saturated carbocycles. The molecule has 0 aromatic heterocycles. The molecule has 0 aliphatic carbocycles. The van der Waals surface area contributed by atoms with Crippen LogP contribution in [-0.4, -0.2) is 12.6 Å². The summed E-state index contributed by atoms with van der Waals surface area (Å²) in [6, 6.07) is 20.3. The van der Waals surface area contributed by atoms with Crippen LogP contribution in [0, 0.1) is 0 Å². The highest BCUT2D eigenvalue weighted by Gasteiger charge is 2.06. The highest BCUT2D eigenvalue weighted by Crippen LogP contribution is 2.20. The minimum Gasteiger partial charge on any atom is -0.463 e. The van der Waals surface area contributed by atoms with Crippen LogP contribution >= 0.6 is 0 Å². The van der Waals surface area contributed by atoms with Crippen molar-refractivity contribution < 1.29 is 9.53 Å². The van der Waals surface area contributed by atoms with E-state index in [-0.39, 0.29) is 5.97 Å². The molecule has 0 atom stereocenters. The van der Waals surface area contributed by atoms with Gasteiger partial charge >= 0.3 is 5.97 Å². The first-order chi connectivity index (χ1) is 10.3. The van der Waals surface area contributed by atoms with Crippen LogP contribution in [-0.2, 0) is 16.0 Å². The molecular weight excluding hydrogens is 260 g/mol. The second-order valence-corrected chi connectivity index (χ2v) is 4.77. The highest BCUT2D eigenvalue weighted by molar-refractivity contribution is 5.91. The molecule has 0 aliphatic rings. The Morgan fingerprint density at radius 1 is 1.00 bits per heavy atom. The summed E-state index contributed by atoms with van der Waals surface area (Å²) in [6.07, 6.45) is 3.33. The summed E-state index contributed by atoms with van der Waals surface area (Å²) in [4.78, 5) is 11.7. The maximum Gasteiger partial charge on any atom is 0.331 e. The first kappa shape index (κ1) is 15.0. The minimum atomic E-state index is -0.274. The standard InChI is InChI=1S/C19H20O2/c1-2-21-19(20)15-18(17-11-7-4-8-12-17)14-13-16-9-5-3-6-10-16/h3-12,15H,2,13-14H2,1H3/b18-15-. The first-order valence-corrected chi connectivity index (χ1v) is 7.26. The first-order valence-electron chi connectivity index (χ1n) is 7.26. The Kier molecular flexibility index (Phi) is 5.77. The number of hydrogen-bond acceptors (Lipinski definition) is 2. The molecule has 0 radical (unpaired) electrons. The average Bonchev–Trinajstić information content (AvgIpc) is 2.53. The van der Waals surface area contributed by atoms with E-state index >= 15 is 0 Å². The van der Waals surface area contributed by atoms with Gasteiger partial charge in [0.25, 0.3) is 0 Å². The van der Waals surface area contributed by atoms with Gasteiger partial charge in [0.1, 0.15) is 0 Å². The van der Waals surface area contributed by atoms with Gasteiger partial charge in [0.15, 0.2) is 0 Å². The molecule has 0 bridgehead atoms. The molecule has 0 spiro atoms. The lowest BCUT2D eigenvalue weighted by atomic mass is 9.98. The molecule has 0 unspecified atom stereocenters. The van der Waals surface area contributed by atoms with E-state index in [2.05, 4.69) is 12.1 Å². The van der Waals surface area contributed by atoms with Gasteiger partial charge in [0.2, 0.25) is 0 Å². The molecule has 0 N–H and O–H groups in total. The smallest absolute Gasteiger partial charge is 0.331 e. The molecule has 2 nitrogen and oxygen atoms in total. The number of ether oxygens (including phenoxy) is 1. The predicted molar refractivity (Wildman–Crippen MR) is 85.8 cm³/mol. The maximum atomic E-state index is 11.7. The van der Waals surface area contributed by atoms with Crippen LogP contribution < -0.4 is 0 Å². The van der Waals surface area contributed by atoms with Gasteiger partial charge in [-0.1, -0.05) is 60.7 Å². The highest BCUT2D eigenvalue weighted by atomic mass is 16.5. The zero-order valence-electron chi connectivity index (χ0n) is 12.3. The van der Waals surface area contributed by atoms with E-state index in [0.717, 1.165) is 24.0 Å². The molecule has 2 aromatic carbocycles.